The number of rotatable bonds is 5. The Balaban J connectivity index is 1.89. The fraction of sp³-hybridized carbons (Fsp3) is 0.222. The van der Waals surface area contributed by atoms with E-state index >= 15 is 0 Å². The Morgan fingerprint density at radius 1 is 1.00 bits per heavy atom. The number of hydrogen-bond donors (Lipinski definition) is 1. The van der Waals surface area contributed by atoms with Crippen LogP contribution in [0.1, 0.15) is 11.1 Å². The highest BCUT2D eigenvalue weighted by Crippen LogP contribution is 2.11. The van der Waals surface area contributed by atoms with Crippen LogP contribution in [0, 0.1) is 11.8 Å². The molecule has 0 aliphatic rings. The van der Waals surface area contributed by atoms with Crippen molar-refractivity contribution in [2.45, 2.75) is 5.75 Å². The van der Waals surface area contributed by atoms with Crippen LogP contribution in [0.4, 0.5) is 5.69 Å². The van der Waals surface area contributed by atoms with Crippen LogP contribution >= 0.6 is 0 Å². The van der Waals surface area contributed by atoms with E-state index in [0.29, 0.717) is 0 Å². The van der Waals surface area contributed by atoms with Crippen molar-refractivity contribution in [3.63, 3.8) is 0 Å². The summed E-state index contributed by atoms with van der Waals surface area (Å²) in [5, 5.41) is 0. The van der Waals surface area contributed by atoms with Crippen LogP contribution < -0.4 is 9.62 Å². The van der Waals surface area contributed by atoms with Gasteiger partial charge in [-0.15, -0.1) is 0 Å². The maximum Gasteiger partial charge on any atom is 0.216 e. The Kier molecular flexibility index (Phi) is 5.80. The average Bonchev–Trinajstić information content (AvgIpc) is 2.52. The molecule has 0 radical (unpaired) electrons. The third kappa shape index (κ3) is 5.78. The zero-order chi connectivity index (χ0) is 16.7. The molecule has 4 nitrogen and oxygen atoms in total. The lowest BCUT2D eigenvalue weighted by molar-refractivity contribution is 0.585. The van der Waals surface area contributed by atoms with E-state index < -0.39 is 10.0 Å². The standard InChI is InChI=1S/C18H20N2O2S/c1-20(2)18-12-10-16(11-13-18)9-6-14-19-23(21,22)15-17-7-4-3-5-8-17/h3-5,7-8,10-13,19H,14-15H2,1-2H3. The van der Waals surface area contributed by atoms with Gasteiger partial charge in [0.15, 0.2) is 0 Å². The van der Waals surface area contributed by atoms with Crippen LogP contribution in [0.2, 0.25) is 0 Å². The van der Waals surface area contributed by atoms with Crippen molar-refractivity contribution in [2.75, 3.05) is 25.5 Å². The molecule has 0 spiro atoms. The Labute approximate surface area is 138 Å². The van der Waals surface area contributed by atoms with Gasteiger partial charge in [-0.25, -0.2) is 13.1 Å². The number of hydrogen-bond acceptors (Lipinski definition) is 3. The van der Waals surface area contributed by atoms with Crippen LogP contribution in [0.3, 0.4) is 0 Å². The fourth-order valence-electron chi connectivity index (χ4n) is 1.98. The van der Waals surface area contributed by atoms with Gasteiger partial charge >= 0.3 is 0 Å². The van der Waals surface area contributed by atoms with Gasteiger partial charge in [0.2, 0.25) is 10.0 Å². The first-order valence-corrected chi connectivity index (χ1v) is 8.89. The summed E-state index contributed by atoms with van der Waals surface area (Å²) in [7, 11) is 0.583. The summed E-state index contributed by atoms with van der Waals surface area (Å²) >= 11 is 0. The van der Waals surface area contributed by atoms with Gasteiger partial charge in [-0.1, -0.05) is 42.2 Å². The maximum absolute atomic E-state index is 11.9. The first-order valence-electron chi connectivity index (χ1n) is 7.24. The third-order valence-electron chi connectivity index (χ3n) is 3.20. The van der Waals surface area contributed by atoms with Gasteiger partial charge in [-0.3, -0.25) is 0 Å². The van der Waals surface area contributed by atoms with E-state index in [1.54, 1.807) is 12.1 Å². The monoisotopic (exact) mass is 328 g/mol. The van der Waals surface area contributed by atoms with Gasteiger partial charge in [0, 0.05) is 25.3 Å². The number of nitrogens with zero attached hydrogens (tertiary/aromatic N) is 1. The minimum absolute atomic E-state index is 0.0347. The van der Waals surface area contributed by atoms with Gasteiger partial charge in [0.25, 0.3) is 0 Å². The van der Waals surface area contributed by atoms with Crippen LogP contribution in [-0.4, -0.2) is 29.1 Å². The fourth-order valence-corrected chi connectivity index (χ4v) is 3.01. The SMILES string of the molecule is CN(C)c1ccc(C#CCNS(=O)(=O)Cc2ccccc2)cc1. The van der Waals surface area contributed by atoms with E-state index in [2.05, 4.69) is 16.6 Å². The third-order valence-corrected chi connectivity index (χ3v) is 4.49. The lowest BCUT2D eigenvalue weighted by Gasteiger charge is -2.11. The molecule has 23 heavy (non-hydrogen) atoms. The minimum atomic E-state index is -3.37. The molecule has 120 valence electrons. The first kappa shape index (κ1) is 17.1. The van der Waals surface area contributed by atoms with E-state index in [4.69, 9.17) is 0 Å². The smallest absolute Gasteiger partial charge is 0.216 e. The van der Waals surface area contributed by atoms with Crippen molar-refractivity contribution in [1.82, 2.24) is 4.72 Å². The Bertz CT molecular complexity index is 786. The lowest BCUT2D eigenvalue weighted by atomic mass is 10.2. The minimum Gasteiger partial charge on any atom is -0.378 e. The van der Waals surface area contributed by atoms with Gasteiger partial charge in [0.1, 0.15) is 0 Å². The molecule has 0 aliphatic heterocycles. The van der Waals surface area contributed by atoms with Crippen molar-refractivity contribution < 1.29 is 8.42 Å². The summed E-state index contributed by atoms with van der Waals surface area (Å²) in [5.41, 5.74) is 2.71. The second kappa shape index (κ2) is 7.82. The molecule has 0 saturated heterocycles. The predicted octanol–water partition coefficient (Wildman–Crippen LogP) is 2.22. The molecule has 0 saturated carbocycles. The predicted molar refractivity (Wildman–Crippen MR) is 94.7 cm³/mol. The van der Waals surface area contributed by atoms with E-state index in [-0.39, 0.29) is 12.3 Å². The van der Waals surface area contributed by atoms with Crippen molar-refractivity contribution >= 4 is 15.7 Å². The zero-order valence-electron chi connectivity index (χ0n) is 13.3. The van der Waals surface area contributed by atoms with Crippen LogP contribution in [0.25, 0.3) is 0 Å². The second-order valence-corrected chi connectivity index (χ2v) is 7.12. The molecule has 2 aromatic rings. The second-order valence-electron chi connectivity index (χ2n) is 5.31. The van der Waals surface area contributed by atoms with Gasteiger partial charge < -0.3 is 4.90 Å². The summed E-state index contributed by atoms with van der Waals surface area (Å²) in [6.07, 6.45) is 0. The molecule has 2 aromatic carbocycles. The van der Waals surface area contributed by atoms with Crippen molar-refractivity contribution in [1.29, 1.82) is 0 Å². The van der Waals surface area contributed by atoms with Crippen LogP contribution in [0.15, 0.2) is 54.6 Å². The largest absolute Gasteiger partial charge is 0.378 e. The van der Waals surface area contributed by atoms with Gasteiger partial charge in [0.05, 0.1) is 12.3 Å². The molecule has 5 heteroatoms. The topological polar surface area (TPSA) is 49.4 Å². The van der Waals surface area contributed by atoms with E-state index in [9.17, 15) is 8.42 Å². The molecule has 0 fully saturated rings. The zero-order valence-corrected chi connectivity index (χ0v) is 14.1. The molecule has 0 atom stereocenters. The first-order chi connectivity index (χ1) is 11.0. The number of anilines is 1. The number of sulfonamides is 1. The van der Waals surface area contributed by atoms with Crippen molar-refractivity contribution in [3.05, 3.63) is 65.7 Å². The summed E-state index contributed by atoms with van der Waals surface area (Å²) in [4.78, 5) is 2.01. The summed E-state index contributed by atoms with van der Waals surface area (Å²) in [6.45, 7) is 0.102. The highest BCUT2D eigenvalue weighted by Gasteiger charge is 2.09. The summed E-state index contributed by atoms with van der Waals surface area (Å²) < 4.78 is 26.4. The molecule has 0 aliphatic carbocycles. The van der Waals surface area contributed by atoms with E-state index in [1.807, 2.05) is 61.5 Å². The Hall–Kier alpha value is -2.29. The Morgan fingerprint density at radius 3 is 2.26 bits per heavy atom. The molecular weight excluding hydrogens is 308 g/mol. The summed E-state index contributed by atoms with van der Waals surface area (Å²) in [6, 6.07) is 16.9. The number of benzene rings is 2. The van der Waals surface area contributed by atoms with Crippen LogP contribution in [-0.2, 0) is 15.8 Å². The highest BCUT2D eigenvalue weighted by atomic mass is 32.2. The Morgan fingerprint density at radius 2 is 1.65 bits per heavy atom. The quantitative estimate of drug-likeness (QED) is 0.856. The van der Waals surface area contributed by atoms with Gasteiger partial charge in [-0.2, -0.15) is 0 Å². The van der Waals surface area contributed by atoms with E-state index in [0.717, 1.165) is 16.8 Å². The molecule has 0 heterocycles. The molecule has 0 aromatic heterocycles. The molecule has 0 amide bonds. The van der Waals surface area contributed by atoms with Crippen LogP contribution in [0.5, 0.6) is 0 Å². The summed E-state index contributed by atoms with van der Waals surface area (Å²) in [5.74, 6) is 5.76. The molecule has 2 rings (SSSR count). The molecule has 1 N–H and O–H groups in total. The molecule has 0 unspecified atom stereocenters. The normalized spacial score (nSPS) is 10.7. The van der Waals surface area contributed by atoms with Crippen molar-refractivity contribution in [2.24, 2.45) is 0 Å². The lowest BCUT2D eigenvalue weighted by Crippen LogP contribution is -2.25. The molecular formula is C18H20N2O2S. The molecule has 0 bridgehead atoms. The average molecular weight is 328 g/mol. The number of nitrogens with one attached hydrogen (secondary N) is 1. The maximum atomic E-state index is 11.9. The van der Waals surface area contributed by atoms with E-state index in [1.165, 1.54) is 0 Å². The van der Waals surface area contributed by atoms with Gasteiger partial charge in [-0.05, 0) is 29.8 Å². The highest BCUT2D eigenvalue weighted by molar-refractivity contribution is 7.88. The van der Waals surface area contributed by atoms with Crippen molar-refractivity contribution in [3.8, 4) is 11.8 Å².